The monoisotopic (exact) mass is 382 g/mol. The van der Waals surface area contributed by atoms with Gasteiger partial charge < -0.3 is 0 Å². The van der Waals surface area contributed by atoms with Gasteiger partial charge in [0.05, 0.1) is 0 Å². The first-order valence-electron chi connectivity index (χ1n) is 12.3. The maximum Gasteiger partial charge on any atom is 0.0350 e. The minimum atomic E-state index is -0.577. The summed E-state index contributed by atoms with van der Waals surface area (Å²) < 4.78 is 13.5. The maximum absolute atomic E-state index is 13.5. The molecule has 2 rings (SSSR count). The first-order chi connectivity index (χ1) is 12.9. The molecule has 0 bridgehead atoms. The molecule has 0 heterocycles. The molecule has 2 fully saturated rings. The number of hydrogen-bond donors (Lipinski definition) is 0. The van der Waals surface area contributed by atoms with Crippen molar-refractivity contribution in [1.82, 2.24) is 0 Å². The summed E-state index contributed by atoms with van der Waals surface area (Å²) in [6, 6.07) is 0. The van der Waals surface area contributed by atoms with Gasteiger partial charge in [0, 0.05) is 21.3 Å². The fourth-order valence-corrected chi connectivity index (χ4v) is 7.13. The molecule has 0 amide bonds. The Morgan fingerprint density at radius 3 is 0.769 bits per heavy atom. The predicted octanol–water partition coefficient (Wildman–Crippen LogP) is 8.08. The van der Waals surface area contributed by atoms with Crippen LogP contribution in [-0.4, -0.2) is 14.7 Å². The molecule has 1 nitrogen and oxygen atoms in total. The van der Waals surface area contributed by atoms with Crippen LogP contribution in [0.2, 0.25) is 0 Å². The molecule has 0 atom stereocenters. The van der Waals surface area contributed by atoms with Gasteiger partial charge in [-0.25, -0.2) is 0 Å². The fraction of sp³-hybridized carbons (Fsp3) is 1.00. The molecule has 0 aromatic rings. The molecule has 0 unspecified atom stereocenters. The summed E-state index contributed by atoms with van der Waals surface area (Å²) in [6.45, 7) is 0. The highest BCUT2D eigenvalue weighted by Crippen LogP contribution is 2.27. The minimum absolute atomic E-state index is 0.507. The second kappa shape index (κ2) is 15.1. The van der Waals surface area contributed by atoms with Crippen molar-refractivity contribution in [3.05, 3.63) is 0 Å². The van der Waals surface area contributed by atoms with Gasteiger partial charge in [0.25, 0.3) is 0 Å². The first kappa shape index (κ1) is 22.4. The summed E-state index contributed by atoms with van der Waals surface area (Å²) in [5.41, 5.74) is 0. The topological polar surface area (TPSA) is 17.1 Å². The highest BCUT2D eigenvalue weighted by atomic mass is 32.2. The summed E-state index contributed by atoms with van der Waals surface area (Å²) in [6.07, 6.45) is 30.0. The third kappa shape index (κ3) is 9.90. The molecule has 0 aliphatic heterocycles. The largest absolute Gasteiger partial charge is 0.259 e. The molecule has 0 aromatic heterocycles. The lowest BCUT2D eigenvalue weighted by Gasteiger charge is -2.24. The van der Waals surface area contributed by atoms with E-state index in [1.54, 1.807) is 0 Å². The average Bonchev–Trinajstić information content (AvgIpc) is 2.62. The Bertz CT molecular complexity index is 298. The zero-order chi connectivity index (χ0) is 18.3. The number of rotatable bonds is 2. The van der Waals surface area contributed by atoms with E-state index in [2.05, 4.69) is 0 Å². The van der Waals surface area contributed by atoms with E-state index in [4.69, 9.17) is 0 Å². The van der Waals surface area contributed by atoms with Gasteiger partial charge in [-0.05, 0) is 25.7 Å². The Balaban J connectivity index is 1.86. The normalized spacial score (nSPS) is 25.6. The van der Waals surface area contributed by atoms with E-state index in [1.165, 1.54) is 141 Å². The third-order valence-electron chi connectivity index (χ3n) is 6.76. The van der Waals surface area contributed by atoms with Gasteiger partial charge >= 0.3 is 0 Å². The molecule has 26 heavy (non-hydrogen) atoms. The van der Waals surface area contributed by atoms with Crippen LogP contribution in [0.5, 0.6) is 0 Å². The van der Waals surface area contributed by atoms with Gasteiger partial charge in [-0.15, -0.1) is 0 Å². The van der Waals surface area contributed by atoms with Crippen molar-refractivity contribution in [2.45, 2.75) is 152 Å². The minimum Gasteiger partial charge on any atom is -0.259 e. The van der Waals surface area contributed by atoms with E-state index in [0.717, 1.165) is 0 Å². The van der Waals surface area contributed by atoms with Crippen LogP contribution in [0.3, 0.4) is 0 Å². The van der Waals surface area contributed by atoms with Crippen LogP contribution < -0.4 is 0 Å². The summed E-state index contributed by atoms with van der Waals surface area (Å²) in [5, 5.41) is 1.01. The van der Waals surface area contributed by atoms with Crippen LogP contribution in [-0.2, 0) is 10.8 Å². The van der Waals surface area contributed by atoms with Gasteiger partial charge in [0.15, 0.2) is 0 Å². The van der Waals surface area contributed by atoms with Gasteiger partial charge in [0.2, 0.25) is 0 Å². The molecule has 0 aromatic carbocycles. The smallest absolute Gasteiger partial charge is 0.0350 e. The van der Waals surface area contributed by atoms with E-state index in [-0.39, 0.29) is 0 Å². The first-order valence-corrected chi connectivity index (χ1v) is 13.5. The Hall–Kier alpha value is 0.150. The summed E-state index contributed by atoms with van der Waals surface area (Å²) in [7, 11) is -0.577. The molecular formula is C24H46OS. The Morgan fingerprint density at radius 2 is 0.538 bits per heavy atom. The Labute approximate surface area is 166 Å². The van der Waals surface area contributed by atoms with Gasteiger partial charge in [0.1, 0.15) is 0 Å². The zero-order valence-corrected chi connectivity index (χ0v) is 18.3. The molecule has 0 spiro atoms. The number of hydrogen-bond acceptors (Lipinski definition) is 1. The van der Waals surface area contributed by atoms with Crippen molar-refractivity contribution in [2.75, 3.05) is 0 Å². The standard InChI is InChI=1S/C24H46OS/c25-26(23-19-15-11-7-3-1-4-8-12-16-20-23)24-21-17-13-9-5-2-6-10-14-18-22-24/h23-24H,1-22H2. The van der Waals surface area contributed by atoms with Crippen molar-refractivity contribution >= 4 is 10.8 Å². The van der Waals surface area contributed by atoms with Crippen LogP contribution in [0.1, 0.15) is 141 Å². The highest BCUT2D eigenvalue weighted by Gasteiger charge is 2.24. The fourth-order valence-electron chi connectivity index (χ4n) is 4.99. The lowest BCUT2D eigenvalue weighted by atomic mass is 10.0. The molecule has 2 aliphatic carbocycles. The van der Waals surface area contributed by atoms with Crippen molar-refractivity contribution in [3.8, 4) is 0 Å². The van der Waals surface area contributed by atoms with E-state index >= 15 is 0 Å². The van der Waals surface area contributed by atoms with E-state index < -0.39 is 10.8 Å². The summed E-state index contributed by atoms with van der Waals surface area (Å²) in [5.74, 6) is 0. The highest BCUT2D eigenvalue weighted by molar-refractivity contribution is 7.86. The molecule has 0 saturated heterocycles. The molecule has 2 heteroatoms. The Kier molecular flexibility index (Phi) is 13.0. The molecule has 0 N–H and O–H groups in total. The quantitative estimate of drug-likeness (QED) is 0.471. The van der Waals surface area contributed by atoms with Crippen molar-refractivity contribution in [2.24, 2.45) is 0 Å². The molecular weight excluding hydrogens is 336 g/mol. The molecule has 2 saturated carbocycles. The average molecular weight is 383 g/mol. The SMILES string of the molecule is O=S(C1CCCCCCCCCCC1)C1CCCCCCCCCCC1. The Morgan fingerprint density at radius 1 is 0.346 bits per heavy atom. The lowest BCUT2D eigenvalue weighted by molar-refractivity contribution is 0.488. The van der Waals surface area contributed by atoms with Crippen LogP contribution >= 0.6 is 0 Å². The summed E-state index contributed by atoms with van der Waals surface area (Å²) in [4.78, 5) is 0. The van der Waals surface area contributed by atoms with Crippen LogP contribution in [0, 0.1) is 0 Å². The predicted molar refractivity (Wildman–Crippen MR) is 117 cm³/mol. The van der Waals surface area contributed by atoms with Crippen LogP contribution in [0.25, 0.3) is 0 Å². The molecule has 2 aliphatic rings. The van der Waals surface area contributed by atoms with Crippen LogP contribution in [0.4, 0.5) is 0 Å². The zero-order valence-electron chi connectivity index (χ0n) is 17.5. The summed E-state index contributed by atoms with van der Waals surface area (Å²) >= 11 is 0. The van der Waals surface area contributed by atoms with Gasteiger partial charge in [-0.1, -0.05) is 116 Å². The van der Waals surface area contributed by atoms with Crippen molar-refractivity contribution < 1.29 is 4.21 Å². The van der Waals surface area contributed by atoms with E-state index in [0.29, 0.717) is 10.5 Å². The molecule has 0 radical (unpaired) electrons. The van der Waals surface area contributed by atoms with Crippen LogP contribution in [0.15, 0.2) is 0 Å². The lowest BCUT2D eigenvalue weighted by Crippen LogP contribution is -2.27. The van der Waals surface area contributed by atoms with E-state index in [1.807, 2.05) is 0 Å². The van der Waals surface area contributed by atoms with Crippen molar-refractivity contribution in [1.29, 1.82) is 0 Å². The van der Waals surface area contributed by atoms with Gasteiger partial charge in [-0.3, -0.25) is 4.21 Å². The third-order valence-corrected chi connectivity index (χ3v) is 9.02. The molecule has 154 valence electrons. The maximum atomic E-state index is 13.5. The second-order valence-electron chi connectivity index (χ2n) is 9.09. The van der Waals surface area contributed by atoms with Gasteiger partial charge in [-0.2, -0.15) is 0 Å². The van der Waals surface area contributed by atoms with E-state index in [9.17, 15) is 4.21 Å². The second-order valence-corrected chi connectivity index (χ2v) is 11.1. The van der Waals surface area contributed by atoms with Crippen molar-refractivity contribution in [3.63, 3.8) is 0 Å².